The zero-order valence-electron chi connectivity index (χ0n) is 15.4. The topological polar surface area (TPSA) is 37.0 Å². The molecule has 0 radical (unpaired) electrons. The molecule has 138 valence electrons. The summed E-state index contributed by atoms with van der Waals surface area (Å²) >= 11 is 0. The van der Waals surface area contributed by atoms with Crippen LogP contribution >= 0.6 is 0 Å². The van der Waals surface area contributed by atoms with Gasteiger partial charge in [-0.15, -0.1) is 0 Å². The molecule has 1 unspecified atom stereocenters. The Kier molecular flexibility index (Phi) is 5.44. The van der Waals surface area contributed by atoms with Crippen molar-refractivity contribution in [3.8, 4) is 11.5 Å². The highest BCUT2D eigenvalue weighted by Crippen LogP contribution is 2.40. The molecule has 1 saturated heterocycles. The lowest BCUT2D eigenvalue weighted by atomic mass is 10.1. The first kappa shape index (κ1) is 17.1. The van der Waals surface area contributed by atoms with Crippen LogP contribution in [0.4, 0.5) is 0 Å². The van der Waals surface area contributed by atoms with Gasteiger partial charge in [0.25, 0.3) is 0 Å². The number of hydrogen-bond donors (Lipinski definition) is 1. The summed E-state index contributed by atoms with van der Waals surface area (Å²) in [6.45, 7) is 8.54. The van der Waals surface area contributed by atoms with Crippen LogP contribution in [-0.2, 0) is 6.42 Å². The monoisotopic (exact) mass is 345 g/mol. The zero-order chi connectivity index (χ0) is 17.1. The number of rotatable bonds is 5. The summed E-state index contributed by atoms with van der Waals surface area (Å²) in [6, 6.07) is 4.87. The number of benzene rings is 1. The summed E-state index contributed by atoms with van der Waals surface area (Å²) in [6.07, 6.45) is 4.85. The average molecular weight is 345 g/mol. The van der Waals surface area contributed by atoms with Gasteiger partial charge in [-0.2, -0.15) is 0 Å². The number of likely N-dealkylation sites (N-methyl/N-ethyl adjacent to an activating group) is 1. The Balaban J connectivity index is 1.26. The molecule has 0 amide bonds. The fraction of sp³-hybridized carbons (Fsp3) is 0.700. The van der Waals surface area contributed by atoms with Crippen LogP contribution < -0.4 is 14.8 Å². The van der Waals surface area contributed by atoms with Crippen molar-refractivity contribution >= 4 is 0 Å². The van der Waals surface area contributed by atoms with Crippen molar-refractivity contribution < 1.29 is 9.47 Å². The fourth-order valence-corrected chi connectivity index (χ4v) is 4.26. The van der Waals surface area contributed by atoms with Crippen molar-refractivity contribution in [2.45, 2.75) is 31.7 Å². The third-order valence-corrected chi connectivity index (χ3v) is 5.74. The van der Waals surface area contributed by atoms with Gasteiger partial charge in [-0.3, -0.25) is 0 Å². The molecule has 1 aliphatic carbocycles. The van der Waals surface area contributed by atoms with Gasteiger partial charge in [0.2, 0.25) is 0 Å². The molecule has 0 saturated carbocycles. The van der Waals surface area contributed by atoms with Crippen molar-refractivity contribution in [2.75, 3.05) is 59.5 Å². The van der Waals surface area contributed by atoms with E-state index >= 15 is 0 Å². The Labute approximate surface area is 151 Å². The predicted molar refractivity (Wildman–Crippen MR) is 99.7 cm³/mol. The Morgan fingerprint density at radius 2 is 1.92 bits per heavy atom. The lowest BCUT2D eigenvalue weighted by Crippen LogP contribution is -2.31. The largest absolute Gasteiger partial charge is 0.486 e. The van der Waals surface area contributed by atoms with Crippen LogP contribution in [0.15, 0.2) is 12.1 Å². The second kappa shape index (κ2) is 7.94. The van der Waals surface area contributed by atoms with E-state index in [9.17, 15) is 0 Å². The molecule has 1 fully saturated rings. The van der Waals surface area contributed by atoms with E-state index in [0.29, 0.717) is 19.3 Å². The summed E-state index contributed by atoms with van der Waals surface area (Å²) in [5, 5.41) is 3.78. The number of aryl methyl sites for hydroxylation is 1. The SMILES string of the molecule is CN1CCCN(CCCNC2CCc3cc4c(cc32)OCCO4)CC1. The van der Waals surface area contributed by atoms with E-state index in [4.69, 9.17) is 9.47 Å². The first-order valence-corrected chi connectivity index (χ1v) is 9.86. The van der Waals surface area contributed by atoms with E-state index in [-0.39, 0.29) is 0 Å². The standard InChI is InChI=1S/C20H31N3O2/c1-22-7-3-9-23(11-10-22)8-2-6-21-18-5-4-16-14-19-20(15-17(16)18)25-13-12-24-19/h14-15,18,21H,2-13H2,1H3. The second-order valence-electron chi connectivity index (χ2n) is 7.59. The molecule has 5 heteroatoms. The molecule has 3 aliphatic rings. The highest BCUT2D eigenvalue weighted by Gasteiger charge is 2.26. The van der Waals surface area contributed by atoms with Crippen LogP contribution in [0, 0.1) is 0 Å². The van der Waals surface area contributed by atoms with Crippen LogP contribution in [0.2, 0.25) is 0 Å². The minimum Gasteiger partial charge on any atom is -0.486 e. The molecule has 1 N–H and O–H groups in total. The fourth-order valence-electron chi connectivity index (χ4n) is 4.26. The van der Waals surface area contributed by atoms with Crippen molar-refractivity contribution in [1.29, 1.82) is 0 Å². The Bertz CT molecular complexity index is 593. The predicted octanol–water partition coefficient (Wildman–Crippen LogP) is 2.06. The van der Waals surface area contributed by atoms with Crippen LogP contribution in [0.3, 0.4) is 0 Å². The first-order chi connectivity index (χ1) is 12.3. The van der Waals surface area contributed by atoms with E-state index < -0.39 is 0 Å². The van der Waals surface area contributed by atoms with E-state index in [1.54, 1.807) is 0 Å². The summed E-state index contributed by atoms with van der Waals surface area (Å²) < 4.78 is 11.5. The number of ether oxygens (including phenoxy) is 2. The lowest BCUT2D eigenvalue weighted by molar-refractivity contribution is 0.171. The van der Waals surface area contributed by atoms with Gasteiger partial charge in [0.05, 0.1) is 0 Å². The molecule has 5 nitrogen and oxygen atoms in total. The Morgan fingerprint density at radius 1 is 1.08 bits per heavy atom. The maximum absolute atomic E-state index is 5.76. The molecule has 2 heterocycles. The Hall–Kier alpha value is -1.30. The minimum absolute atomic E-state index is 0.473. The molecule has 0 aromatic heterocycles. The molecule has 0 spiro atoms. The molecule has 4 rings (SSSR count). The summed E-state index contributed by atoms with van der Waals surface area (Å²) in [5.74, 6) is 1.85. The van der Waals surface area contributed by atoms with E-state index in [2.05, 4.69) is 34.3 Å². The molecule has 0 bridgehead atoms. The van der Waals surface area contributed by atoms with Crippen LogP contribution in [-0.4, -0.2) is 69.3 Å². The Morgan fingerprint density at radius 3 is 2.80 bits per heavy atom. The zero-order valence-corrected chi connectivity index (χ0v) is 15.4. The average Bonchev–Trinajstić information content (AvgIpc) is 2.90. The first-order valence-electron chi connectivity index (χ1n) is 9.86. The maximum atomic E-state index is 5.76. The third-order valence-electron chi connectivity index (χ3n) is 5.74. The van der Waals surface area contributed by atoms with Gasteiger partial charge in [-0.05, 0) is 82.2 Å². The number of nitrogens with one attached hydrogen (secondary N) is 1. The third kappa shape index (κ3) is 4.10. The van der Waals surface area contributed by atoms with Gasteiger partial charge in [0, 0.05) is 19.1 Å². The van der Waals surface area contributed by atoms with E-state index in [0.717, 1.165) is 24.5 Å². The molecule has 25 heavy (non-hydrogen) atoms. The summed E-state index contributed by atoms with van der Waals surface area (Å²) in [5.41, 5.74) is 2.85. The van der Waals surface area contributed by atoms with Gasteiger partial charge >= 0.3 is 0 Å². The highest BCUT2D eigenvalue weighted by molar-refractivity contribution is 5.50. The number of hydrogen-bond acceptors (Lipinski definition) is 5. The highest BCUT2D eigenvalue weighted by atomic mass is 16.6. The van der Waals surface area contributed by atoms with E-state index in [1.165, 1.54) is 63.1 Å². The van der Waals surface area contributed by atoms with E-state index in [1.807, 2.05) is 0 Å². The summed E-state index contributed by atoms with van der Waals surface area (Å²) in [4.78, 5) is 5.06. The van der Waals surface area contributed by atoms with Crippen molar-refractivity contribution in [1.82, 2.24) is 15.1 Å². The molecular formula is C20H31N3O2. The van der Waals surface area contributed by atoms with Gasteiger partial charge in [-0.1, -0.05) is 0 Å². The molecule has 1 aromatic rings. The van der Waals surface area contributed by atoms with Gasteiger partial charge in [-0.25, -0.2) is 0 Å². The molecule has 1 atom stereocenters. The molecule has 2 aliphatic heterocycles. The van der Waals surface area contributed by atoms with Crippen molar-refractivity contribution in [2.24, 2.45) is 0 Å². The van der Waals surface area contributed by atoms with Crippen molar-refractivity contribution in [3.63, 3.8) is 0 Å². The normalized spacial score (nSPS) is 24.1. The van der Waals surface area contributed by atoms with Crippen LogP contribution in [0.5, 0.6) is 11.5 Å². The second-order valence-corrected chi connectivity index (χ2v) is 7.59. The van der Waals surface area contributed by atoms with Gasteiger partial charge in [0.15, 0.2) is 11.5 Å². The maximum Gasteiger partial charge on any atom is 0.161 e. The summed E-state index contributed by atoms with van der Waals surface area (Å²) in [7, 11) is 2.23. The quantitative estimate of drug-likeness (QED) is 0.827. The van der Waals surface area contributed by atoms with Gasteiger partial charge < -0.3 is 24.6 Å². The smallest absolute Gasteiger partial charge is 0.161 e. The van der Waals surface area contributed by atoms with Crippen LogP contribution in [0.25, 0.3) is 0 Å². The molecule has 1 aromatic carbocycles. The van der Waals surface area contributed by atoms with Crippen LogP contribution in [0.1, 0.15) is 36.4 Å². The van der Waals surface area contributed by atoms with Gasteiger partial charge in [0.1, 0.15) is 13.2 Å². The molecular weight excluding hydrogens is 314 g/mol. The van der Waals surface area contributed by atoms with Crippen molar-refractivity contribution in [3.05, 3.63) is 23.3 Å². The number of nitrogens with zero attached hydrogens (tertiary/aromatic N) is 2. The lowest BCUT2D eigenvalue weighted by Gasteiger charge is -2.22. The number of fused-ring (bicyclic) bond motifs is 2. The minimum atomic E-state index is 0.473.